The molecule has 6 nitrogen and oxygen atoms in total. The summed E-state index contributed by atoms with van der Waals surface area (Å²) in [6.07, 6.45) is 16.2. The number of benzene rings is 1. The van der Waals surface area contributed by atoms with E-state index in [9.17, 15) is 12.9 Å². The van der Waals surface area contributed by atoms with Gasteiger partial charge in [0.25, 0.3) is 0 Å². The fourth-order valence-corrected chi connectivity index (χ4v) is 4.44. The van der Waals surface area contributed by atoms with E-state index in [0.29, 0.717) is 12.1 Å². The molecule has 0 atom stereocenters. The fourth-order valence-electron chi connectivity index (χ4n) is 3.51. The molecular formula is C25H41NO5Ti. The van der Waals surface area contributed by atoms with E-state index >= 15 is 0 Å². The van der Waals surface area contributed by atoms with E-state index < -0.39 is 30.6 Å². The Kier molecular flexibility index (Phi) is 16.0. The first-order valence-electron chi connectivity index (χ1n) is 12.2. The minimum absolute atomic E-state index is 0.203. The van der Waals surface area contributed by atoms with Gasteiger partial charge in [0.2, 0.25) is 0 Å². The molecule has 0 aliphatic heterocycles. The van der Waals surface area contributed by atoms with Crippen molar-refractivity contribution in [2.75, 3.05) is 5.73 Å². The number of carbonyl (C=O) groups is 2. The number of nitrogens with two attached hydrogens (primary N) is 1. The van der Waals surface area contributed by atoms with Crippen molar-refractivity contribution in [2.24, 2.45) is 5.92 Å². The monoisotopic (exact) mass is 483 g/mol. The third-order valence-electron chi connectivity index (χ3n) is 5.43. The zero-order chi connectivity index (χ0) is 23.6. The van der Waals surface area contributed by atoms with Gasteiger partial charge in [-0.2, -0.15) is 0 Å². The summed E-state index contributed by atoms with van der Waals surface area (Å²) in [6.45, 7) is 4.58. The van der Waals surface area contributed by atoms with Crippen molar-refractivity contribution >= 4 is 17.6 Å². The van der Waals surface area contributed by atoms with Gasteiger partial charge in [-0.25, -0.2) is 0 Å². The van der Waals surface area contributed by atoms with Crippen LogP contribution in [0, 0.1) is 5.92 Å². The summed E-state index contributed by atoms with van der Waals surface area (Å²) in [5, 5.41) is 0. The van der Waals surface area contributed by atoms with Crippen LogP contribution in [0.4, 0.5) is 5.69 Å². The molecule has 7 heteroatoms. The number of hydrogen-bond donors (Lipinski definition) is 1. The van der Waals surface area contributed by atoms with Gasteiger partial charge in [-0.05, 0) is 5.92 Å². The van der Waals surface area contributed by atoms with Crippen molar-refractivity contribution in [3.05, 3.63) is 29.8 Å². The zero-order valence-corrected chi connectivity index (χ0v) is 21.5. The van der Waals surface area contributed by atoms with E-state index in [1.54, 1.807) is 12.1 Å². The Bertz CT molecular complexity index is 675. The molecule has 1 aromatic rings. The molecule has 0 saturated heterocycles. The summed E-state index contributed by atoms with van der Waals surface area (Å²) >= 11 is -3.86. The van der Waals surface area contributed by atoms with Crippen molar-refractivity contribution in [3.8, 4) is 0 Å². The third kappa shape index (κ3) is 15.3. The standard InChI is InChI=1S/C18H36O2.C7H7NO2.O.Ti/c1-17(2)15-13-11-9-7-5-3-4-6-8-10-12-14-16-18(19)20;8-6-3-1-5(2-4-6)7(9)10;;/h17H,3-16H2,1-2H3,(H,19,20);1-4H,8H2,(H,9,10);;/q;;;+2/p-2. The molecular weight excluding hydrogens is 442 g/mol. The van der Waals surface area contributed by atoms with Gasteiger partial charge in [-0.1, -0.05) is 39.5 Å². The molecule has 0 unspecified atom stereocenters. The van der Waals surface area contributed by atoms with Crippen LogP contribution in [0.3, 0.4) is 0 Å². The number of hydrogen-bond acceptors (Lipinski definition) is 6. The molecule has 0 amide bonds. The first-order valence-corrected chi connectivity index (χ1v) is 14.1. The Hall–Kier alpha value is -1.53. The molecule has 0 heterocycles. The van der Waals surface area contributed by atoms with E-state index in [4.69, 9.17) is 12.4 Å². The second kappa shape index (κ2) is 18.0. The molecule has 180 valence electrons. The van der Waals surface area contributed by atoms with Gasteiger partial charge in [-0.15, -0.1) is 0 Å². The number of anilines is 1. The molecule has 0 spiro atoms. The Morgan fingerprint density at radius 1 is 0.781 bits per heavy atom. The maximum atomic E-state index is 11.8. The molecule has 0 aliphatic rings. The quantitative estimate of drug-likeness (QED) is 0.139. The number of unbranched alkanes of at least 4 members (excludes halogenated alkanes) is 11. The van der Waals surface area contributed by atoms with Crippen molar-refractivity contribution in [1.29, 1.82) is 0 Å². The SMILES string of the molecule is CC(C)CCCCCCCCCCCCCCC(=O)[O][Ti](=[O])[O]C(=O)c1ccc(N)cc1. The van der Waals surface area contributed by atoms with Crippen LogP contribution in [0.15, 0.2) is 24.3 Å². The summed E-state index contributed by atoms with van der Waals surface area (Å²) < 4.78 is 21.4. The molecule has 0 bridgehead atoms. The number of nitrogen functional groups attached to an aromatic ring is 1. The van der Waals surface area contributed by atoms with Gasteiger partial charge >= 0.3 is 156 Å². The third-order valence-corrected chi connectivity index (χ3v) is 6.60. The average molecular weight is 483 g/mol. The second-order valence-corrected chi connectivity index (χ2v) is 10.3. The van der Waals surface area contributed by atoms with Crippen molar-refractivity contribution in [1.82, 2.24) is 0 Å². The van der Waals surface area contributed by atoms with Crippen LogP contribution in [0.1, 0.15) is 114 Å². The molecule has 2 N–H and O–H groups in total. The van der Waals surface area contributed by atoms with Crippen LogP contribution in [-0.4, -0.2) is 11.9 Å². The minimum atomic E-state index is -3.86. The average Bonchev–Trinajstić information content (AvgIpc) is 2.74. The molecule has 0 fully saturated rings. The summed E-state index contributed by atoms with van der Waals surface area (Å²) in [5.74, 6) is -0.500. The van der Waals surface area contributed by atoms with Crippen molar-refractivity contribution < 1.29 is 38.2 Å². The molecule has 0 aliphatic carbocycles. The molecule has 0 saturated carbocycles. The molecule has 0 aromatic heterocycles. The Morgan fingerprint density at radius 2 is 1.25 bits per heavy atom. The molecule has 32 heavy (non-hydrogen) atoms. The topological polar surface area (TPSA) is 95.7 Å². The van der Waals surface area contributed by atoms with E-state index in [-0.39, 0.29) is 12.0 Å². The van der Waals surface area contributed by atoms with Crippen molar-refractivity contribution in [3.63, 3.8) is 0 Å². The first-order chi connectivity index (χ1) is 15.4. The van der Waals surface area contributed by atoms with Crippen LogP contribution in [0.25, 0.3) is 0 Å². The van der Waals surface area contributed by atoms with Gasteiger partial charge in [0.1, 0.15) is 0 Å². The van der Waals surface area contributed by atoms with Gasteiger partial charge in [0.05, 0.1) is 0 Å². The predicted octanol–water partition coefficient (Wildman–Crippen LogP) is 6.88. The van der Waals surface area contributed by atoms with Crippen LogP contribution >= 0.6 is 0 Å². The summed E-state index contributed by atoms with van der Waals surface area (Å²) in [5.41, 5.74) is 6.28. The van der Waals surface area contributed by atoms with E-state index in [1.165, 1.54) is 76.3 Å². The van der Waals surface area contributed by atoms with Gasteiger partial charge in [0, 0.05) is 0 Å². The van der Waals surface area contributed by atoms with Crippen LogP contribution in [0.5, 0.6) is 0 Å². The number of rotatable bonds is 18. The predicted molar refractivity (Wildman–Crippen MR) is 123 cm³/mol. The normalized spacial score (nSPS) is 10.8. The van der Waals surface area contributed by atoms with E-state index in [2.05, 4.69) is 13.8 Å². The van der Waals surface area contributed by atoms with Crippen LogP contribution < -0.4 is 5.73 Å². The first kappa shape index (κ1) is 28.5. The zero-order valence-electron chi connectivity index (χ0n) is 19.9. The fraction of sp³-hybridized carbons (Fsp3) is 0.680. The van der Waals surface area contributed by atoms with Crippen LogP contribution in [-0.2, 0) is 33.4 Å². The van der Waals surface area contributed by atoms with Gasteiger partial charge in [-0.3, -0.25) is 0 Å². The molecule has 1 aromatic carbocycles. The Labute approximate surface area is 200 Å². The molecule has 1 rings (SSSR count). The summed E-state index contributed by atoms with van der Waals surface area (Å²) in [7, 11) is 0. The summed E-state index contributed by atoms with van der Waals surface area (Å²) in [4.78, 5) is 23.6. The van der Waals surface area contributed by atoms with Crippen molar-refractivity contribution in [2.45, 2.75) is 104 Å². The van der Waals surface area contributed by atoms with Gasteiger partial charge in [0.15, 0.2) is 0 Å². The van der Waals surface area contributed by atoms with E-state index in [0.717, 1.165) is 18.8 Å². The van der Waals surface area contributed by atoms with E-state index in [1.807, 2.05) is 0 Å². The molecule has 0 radical (unpaired) electrons. The maximum absolute atomic E-state index is 11.8. The summed E-state index contributed by atoms with van der Waals surface area (Å²) in [6, 6.07) is 6.03. The Balaban J connectivity index is 1.93. The van der Waals surface area contributed by atoms with Gasteiger partial charge < -0.3 is 0 Å². The second-order valence-electron chi connectivity index (χ2n) is 8.91. The van der Waals surface area contributed by atoms with Crippen LogP contribution in [0.2, 0.25) is 0 Å². The number of carbonyl (C=O) groups excluding carboxylic acids is 2. The Morgan fingerprint density at radius 3 is 1.75 bits per heavy atom.